The van der Waals surface area contributed by atoms with Crippen LogP contribution in [-0.2, 0) is 29.0 Å². The van der Waals surface area contributed by atoms with Crippen LogP contribution in [0.1, 0.15) is 47.8 Å². The summed E-state index contributed by atoms with van der Waals surface area (Å²) in [6.07, 6.45) is 0.570. The molecule has 2 amide bonds. The Kier molecular flexibility index (Phi) is 9.39. The number of nitrogens with zero attached hydrogens (tertiary/aromatic N) is 1. The van der Waals surface area contributed by atoms with Gasteiger partial charge in [0.05, 0.1) is 29.8 Å². The Bertz CT molecular complexity index is 1270. The minimum absolute atomic E-state index is 0.0702. The Balaban J connectivity index is 1.52. The third-order valence-electron chi connectivity index (χ3n) is 5.97. The van der Waals surface area contributed by atoms with E-state index < -0.39 is 6.10 Å². The molecule has 0 fully saturated rings. The molecule has 0 aromatic heterocycles. The fraction of sp³-hybridized carbons (Fsp3) is 0.276. The number of phenols is 1. The molecule has 0 spiro atoms. The third-order valence-corrected chi connectivity index (χ3v) is 5.97. The highest BCUT2D eigenvalue weighted by Gasteiger charge is 2.20. The average Bonchev–Trinajstić information content (AvgIpc) is 2.88. The van der Waals surface area contributed by atoms with Gasteiger partial charge in [-0.3, -0.25) is 9.59 Å². The van der Waals surface area contributed by atoms with Crippen molar-refractivity contribution in [2.75, 3.05) is 11.9 Å². The summed E-state index contributed by atoms with van der Waals surface area (Å²) < 4.78 is 0. The molecule has 1 atom stereocenters. The maximum atomic E-state index is 12.5. The lowest BCUT2D eigenvalue weighted by Crippen LogP contribution is -2.43. The van der Waals surface area contributed by atoms with Gasteiger partial charge in [-0.1, -0.05) is 42.5 Å². The summed E-state index contributed by atoms with van der Waals surface area (Å²) in [5.74, 6) is -0.154. The number of hydrogen-bond donors (Lipinski definition) is 5. The summed E-state index contributed by atoms with van der Waals surface area (Å²) >= 11 is 0. The molecule has 8 heteroatoms. The molecular weight excluding hydrogens is 468 g/mol. The molecule has 0 saturated heterocycles. The zero-order valence-corrected chi connectivity index (χ0v) is 21.0. The number of β-amino-alcohol motifs (C(OH)–C–C–N with tert-alkyl or cyclic N) is 1. The molecule has 0 aliphatic heterocycles. The van der Waals surface area contributed by atoms with Crippen LogP contribution in [0.2, 0.25) is 0 Å². The topological polar surface area (TPSA) is 134 Å². The standard InChI is InChI=1S/C29H32N4O4/c1-29(2,33-18-27(36)24-10-11-26(35)25(14-24)32-19-34)15-23-5-3-4-22(12-23)13-28(37)31-17-21-8-6-20(16-30)7-9-21/h3-12,14,19,27,33,35-36H,13,15,17-18H2,1-2H3,(H,31,37)(H,32,34)/t27-/m1/s1. The molecule has 37 heavy (non-hydrogen) atoms. The number of aromatic hydroxyl groups is 1. The number of amides is 2. The van der Waals surface area contributed by atoms with E-state index in [0.29, 0.717) is 30.5 Å². The van der Waals surface area contributed by atoms with Gasteiger partial charge < -0.3 is 26.2 Å². The van der Waals surface area contributed by atoms with Gasteiger partial charge in [-0.2, -0.15) is 5.26 Å². The van der Waals surface area contributed by atoms with Crippen LogP contribution in [0.5, 0.6) is 5.75 Å². The summed E-state index contributed by atoms with van der Waals surface area (Å²) in [4.78, 5) is 23.2. The Morgan fingerprint density at radius 3 is 2.49 bits per heavy atom. The van der Waals surface area contributed by atoms with Gasteiger partial charge in [0.2, 0.25) is 12.3 Å². The molecular formula is C29H32N4O4. The van der Waals surface area contributed by atoms with Gasteiger partial charge in [0.25, 0.3) is 0 Å². The lowest BCUT2D eigenvalue weighted by molar-refractivity contribution is -0.120. The molecule has 8 nitrogen and oxygen atoms in total. The number of hydrogen-bond acceptors (Lipinski definition) is 6. The van der Waals surface area contributed by atoms with Crippen molar-refractivity contribution in [3.8, 4) is 11.8 Å². The highest BCUT2D eigenvalue weighted by molar-refractivity contribution is 5.78. The van der Waals surface area contributed by atoms with Crippen molar-refractivity contribution >= 4 is 18.0 Å². The third kappa shape index (κ3) is 8.46. The van der Waals surface area contributed by atoms with Crippen molar-refractivity contribution in [1.29, 1.82) is 5.26 Å². The van der Waals surface area contributed by atoms with Crippen molar-refractivity contribution in [3.63, 3.8) is 0 Å². The van der Waals surface area contributed by atoms with E-state index in [4.69, 9.17) is 5.26 Å². The van der Waals surface area contributed by atoms with Crippen LogP contribution >= 0.6 is 0 Å². The van der Waals surface area contributed by atoms with Crippen molar-refractivity contribution in [2.45, 2.75) is 44.9 Å². The summed E-state index contributed by atoms with van der Waals surface area (Å²) in [7, 11) is 0. The molecule has 5 N–H and O–H groups in total. The number of nitrogens with one attached hydrogen (secondary N) is 3. The second-order valence-electron chi connectivity index (χ2n) is 9.58. The largest absolute Gasteiger partial charge is 0.506 e. The van der Waals surface area contributed by atoms with E-state index in [0.717, 1.165) is 16.7 Å². The molecule has 0 aliphatic carbocycles. The maximum absolute atomic E-state index is 12.5. The first-order valence-electron chi connectivity index (χ1n) is 12.0. The average molecular weight is 501 g/mol. The number of carbonyl (C=O) groups excluding carboxylic acids is 2. The fourth-order valence-corrected chi connectivity index (χ4v) is 4.00. The van der Waals surface area contributed by atoms with Crippen molar-refractivity contribution in [2.24, 2.45) is 0 Å². The maximum Gasteiger partial charge on any atom is 0.224 e. The molecule has 3 aromatic rings. The van der Waals surface area contributed by atoms with Crippen LogP contribution in [0, 0.1) is 11.3 Å². The quantitative estimate of drug-likeness (QED) is 0.191. The van der Waals surface area contributed by atoms with Gasteiger partial charge in [-0.05, 0) is 66.8 Å². The molecule has 3 aromatic carbocycles. The number of nitriles is 1. The molecule has 0 saturated carbocycles. The van der Waals surface area contributed by atoms with E-state index in [1.165, 1.54) is 6.07 Å². The smallest absolute Gasteiger partial charge is 0.224 e. The van der Waals surface area contributed by atoms with Crippen LogP contribution in [0.3, 0.4) is 0 Å². The van der Waals surface area contributed by atoms with E-state index in [9.17, 15) is 19.8 Å². The van der Waals surface area contributed by atoms with Crippen LogP contribution in [0.4, 0.5) is 5.69 Å². The first-order chi connectivity index (χ1) is 17.7. The number of rotatable bonds is 12. The Labute approximate surface area is 217 Å². The Hall–Kier alpha value is -4.19. The Morgan fingerprint density at radius 1 is 1.05 bits per heavy atom. The predicted octanol–water partition coefficient (Wildman–Crippen LogP) is 3.34. The predicted molar refractivity (Wildman–Crippen MR) is 142 cm³/mol. The zero-order valence-electron chi connectivity index (χ0n) is 21.0. The summed E-state index contributed by atoms with van der Waals surface area (Å²) in [5, 5.41) is 38.0. The summed E-state index contributed by atoms with van der Waals surface area (Å²) in [6, 6.07) is 21.6. The molecule has 0 unspecified atom stereocenters. The molecule has 0 radical (unpaired) electrons. The summed E-state index contributed by atoms with van der Waals surface area (Å²) in [6.45, 7) is 4.74. The van der Waals surface area contributed by atoms with Gasteiger partial charge in [0.15, 0.2) is 0 Å². The molecule has 0 aliphatic rings. The number of carbonyl (C=O) groups is 2. The van der Waals surface area contributed by atoms with Crippen molar-refractivity contribution in [1.82, 2.24) is 10.6 Å². The van der Waals surface area contributed by atoms with E-state index >= 15 is 0 Å². The molecule has 3 rings (SSSR count). The van der Waals surface area contributed by atoms with E-state index in [-0.39, 0.29) is 35.8 Å². The van der Waals surface area contributed by atoms with Crippen LogP contribution < -0.4 is 16.0 Å². The van der Waals surface area contributed by atoms with E-state index in [1.54, 1.807) is 24.3 Å². The lowest BCUT2D eigenvalue weighted by atomic mass is 9.93. The SMILES string of the molecule is CC(C)(Cc1cccc(CC(=O)NCc2ccc(C#N)cc2)c1)NC[C@@H](O)c1ccc(O)c(NC=O)c1. The number of aliphatic hydroxyl groups is 1. The van der Waals surface area contributed by atoms with Crippen molar-refractivity contribution < 1.29 is 19.8 Å². The molecule has 192 valence electrons. The second kappa shape index (κ2) is 12.7. The van der Waals surface area contributed by atoms with Gasteiger partial charge >= 0.3 is 0 Å². The van der Waals surface area contributed by atoms with E-state index in [1.807, 2.05) is 50.2 Å². The van der Waals surface area contributed by atoms with Gasteiger partial charge in [0.1, 0.15) is 5.75 Å². The highest BCUT2D eigenvalue weighted by atomic mass is 16.3. The number of anilines is 1. The van der Waals surface area contributed by atoms with E-state index in [2.05, 4.69) is 22.0 Å². The van der Waals surface area contributed by atoms with Crippen LogP contribution in [0.15, 0.2) is 66.7 Å². The molecule has 0 heterocycles. The number of phenolic OH excluding ortho intramolecular Hbond substituents is 1. The number of aliphatic hydroxyl groups excluding tert-OH is 1. The van der Waals surface area contributed by atoms with Crippen LogP contribution in [-0.4, -0.2) is 34.6 Å². The first kappa shape index (κ1) is 27.4. The first-order valence-corrected chi connectivity index (χ1v) is 12.0. The second-order valence-corrected chi connectivity index (χ2v) is 9.58. The minimum atomic E-state index is -0.835. The van der Waals surface area contributed by atoms with Crippen LogP contribution in [0.25, 0.3) is 0 Å². The Morgan fingerprint density at radius 2 is 1.78 bits per heavy atom. The zero-order chi connectivity index (χ0) is 26.8. The highest BCUT2D eigenvalue weighted by Crippen LogP contribution is 2.27. The normalized spacial score (nSPS) is 11.8. The monoisotopic (exact) mass is 500 g/mol. The van der Waals surface area contributed by atoms with Gasteiger partial charge in [-0.25, -0.2) is 0 Å². The molecule has 0 bridgehead atoms. The van der Waals surface area contributed by atoms with Gasteiger partial charge in [-0.15, -0.1) is 0 Å². The fourth-order valence-electron chi connectivity index (χ4n) is 4.00. The van der Waals surface area contributed by atoms with Gasteiger partial charge in [0, 0.05) is 18.6 Å². The minimum Gasteiger partial charge on any atom is -0.506 e. The lowest BCUT2D eigenvalue weighted by Gasteiger charge is -2.28. The van der Waals surface area contributed by atoms with Crippen molar-refractivity contribution in [3.05, 3.63) is 94.5 Å². The number of benzene rings is 3. The summed E-state index contributed by atoms with van der Waals surface area (Å²) in [5.41, 5.74) is 3.94.